The summed E-state index contributed by atoms with van der Waals surface area (Å²) in [5, 5.41) is 5.91. The van der Waals surface area contributed by atoms with Gasteiger partial charge in [-0.05, 0) is 44.0 Å². The van der Waals surface area contributed by atoms with Gasteiger partial charge in [-0.25, -0.2) is 4.79 Å². The molecule has 2 aromatic carbocycles. The van der Waals surface area contributed by atoms with Gasteiger partial charge in [0.05, 0.1) is 19.2 Å². The van der Waals surface area contributed by atoms with Gasteiger partial charge in [-0.15, -0.1) is 0 Å². The zero-order chi connectivity index (χ0) is 17.7. The number of anilines is 2. The molecule has 2 aromatic rings. The first kappa shape index (κ1) is 17.5. The number of nitrogens with one attached hydrogen (secondary N) is 2. The van der Waals surface area contributed by atoms with E-state index in [-0.39, 0.29) is 12.5 Å². The molecule has 0 aromatic heterocycles. The van der Waals surface area contributed by atoms with Crippen molar-refractivity contribution in [3.05, 3.63) is 58.7 Å². The number of esters is 1. The smallest absolute Gasteiger partial charge is 0.339 e. The average Bonchev–Trinajstić information content (AvgIpc) is 2.55. The maximum absolute atomic E-state index is 12.2. The Kier molecular flexibility index (Phi) is 5.58. The molecule has 0 radical (unpaired) electrons. The van der Waals surface area contributed by atoms with Crippen molar-refractivity contribution in [2.45, 2.75) is 20.8 Å². The fourth-order valence-electron chi connectivity index (χ4n) is 2.66. The number of hydrogen-bond donors (Lipinski definition) is 2. The SMILES string of the molecule is COC(=O)c1ccccc1NCC(=O)Nc1c(C)cc(C)cc1C. The quantitative estimate of drug-likeness (QED) is 0.826. The van der Waals surface area contributed by atoms with E-state index in [0.717, 1.165) is 22.4 Å². The second-order valence-corrected chi connectivity index (χ2v) is 5.71. The van der Waals surface area contributed by atoms with Crippen molar-refractivity contribution in [1.82, 2.24) is 0 Å². The first-order chi connectivity index (χ1) is 11.4. The van der Waals surface area contributed by atoms with Crippen LogP contribution in [0.4, 0.5) is 11.4 Å². The topological polar surface area (TPSA) is 67.4 Å². The molecule has 2 N–H and O–H groups in total. The second-order valence-electron chi connectivity index (χ2n) is 5.71. The van der Waals surface area contributed by atoms with Gasteiger partial charge in [-0.3, -0.25) is 4.79 Å². The highest BCUT2D eigenvalue weighted by atomic mass is 16.5. The van der Waals surface area contributed by atoms with Crippen LogP contribution in [0.1, 0.15) is 27.0 Å². The number of para-hydroxylation sites is 1. The number of amides is 1. The number of ether oxygens (including phenoxy) is 1. The molecule has 5 heteroatoms. The summed E-state index contributed by atoms with van der Waals surface area (Å²) in [6, 6.07) is 11.0. The molecule has 0 fully saturated rings. The number of benzene rings is 2. The van der Waals surface area contributed by atoms with E-state index in [9.17, 15) is 9.59 Å². The Bertz CT molecular complexity index is 746. The van der Waals surface area contributed by atoms with Gasteiger partial charge in [0.25, 0.3) is 0 Å². The Hall–Kier alpha value is -2.82. The number of hydrogen-bond acceptors (Lipinski definition) is 4. The molecule has 5 nitrogen and oxygen atoms in total. The summed E-state index contributed by atoms with van der Waals surface area (Å²) in [7, 11) is 1.33. The summed E-state index contributed by atoms with van der Waals surface area (Å²) < 4.78 is 4.74. The van der Waals surface area contributed by atoms with E-state index in [0.29, 0.717) is 11.3 Å². The zero-order valence-corrected chi connectivity index (χ0v) is 14.4. The van der Waals surface area contributed by atoms with Crippen molar-refractivity contribution in [1.29, 1.82) is 0 Å². The molecule has 0 aliphatic heterocycles. The number of aryl methyl sites for hydroxylation is 3. The van der Waals surface area contributed by atoms with Crippen LogP contribution in [0.5, 0.6) is 0 Å². The fraction of sp³-hybridized carbons (Fsp3) is 0.263. The maximum atomic E-state index is 12.2. The summed E-state index contributed by atoms with van der Waals surface area (Å²) in [5.41, 5.74) is 5.00. The van der Waals surface area contributed by atoms with E-state index in [1.807, 2.05) is 32.9 Å². The number of carbonyl (C=O) groups excluding carboxylic acids is 2. The first-order valence-corrected chi connectivity index (χ1v) is 7.71. The summed E-state index contributed by atoms with van der Waals surface area (Å²) in [4.78, 5) is 24.0. The molecule has 0 atom stereocenters. The Morgan fingerprint density at radius 1 is 1.04 bits per heavy atom. The van der Waals surface area contributed by atoms with E-state index in [1.165, 1.54) is 7.11 Å². The standard InChI is InChI=1S/C19H22N2O3/c1-12-9-13(2)18(14(3)10-12)21-17(22)11-20-16-8-6-5-7-15(16)19(23)24-4/h5-10,20H,11H2,1-4H3,(H,21,22). The minimum atomic E-state index is -0.441. The van der Waals surface area contributed by atoms with E-state index in [2.05, 4.69) is 10.6 Å². The van der Waals surface area contributed by atoms with Crippen LogP contribution < -0.4 is 10.6 Å². The molecule has 0 bridgehead atoms. The second kappa shape index (κ2) is 7.64. The van der Waals surface area contributed by atoms with Gasteiger partial charge < -0.3 is 15.4 Å². The molecule has 0 heterocycles. The third-order valence-corrected chi connectivity index (χ3v) is 3.71. The molecule has 2 rings (SSSR count). The van der Waals surface area contributed by atoms with Gasteiger partial charge in [0.15, 0.2) is 0 Å². The lowest BCUT2D eigenvalue weighted by molar-refractivity contribution is -0.114. The molecule has 24 heavy (non-hydrogen) atoms. The van der Waals surface area contributed by atoms with E-state index in [4.69, 9.17) is 4.74 Å². The normalized spacial score (nSPS) is 10.2. The molecule has 0 saturated carbocycles. The van der Waals surface area contributed by atoms with Crippen molar-refractivity contribution in [3.8, 4) is 0 Å². The number of methoxy groups -OCH3 is 1. The van der Waals surface area contributed by atoms with Crippen LogP contribution in [-0.2, 0) is 9.53 Å². The fourth-order valence-corrected chi connectivity index (χ4v) is 2.66. The molecule has 0 spiro atoms. The van der Waals surface area contributed by atoms with E-state index < -0.39 is 5.97 Å². The number of rotatable bonds is 5. The maximum Gasteiger partial charge on any atom is 0.339 e. The summed E-state index contributed by atoms with van der Waals surface area (Å²) in [6.07, 6.45) is 0. The van der Waals surface area contributed by atoms with Crippen molar-refractivity contribution < 1.29 is 14.3 Å². The van der Waals surface area contributed by atoms with Crippen molar-refractivity contribution in [2.24, 2.45) is 0 Å². The highest BCUT2D eigenvalue weighted by molar-refractivity contribution is 5.98. The molecule has 0 unspecified atom stereocenters. The van der Waals surface area contributed by atoms with E-state index >= 15 is 0 Å². The Balaban J connectivity index is 2.06. The monoisotopic (exact) mass is 326 g/mol. The third-order valence-electron chi connectivity index (χ3n) is 3.71. The van der Waals surface area contributed by atoms with Crippen LogP contribution in [0.2, 0.25) is 0 Å². The lowest BCUT2D eigenvalue weighted by atomic mass is 10.1. The minimum absolute atomic E-state index is 0.0563. The van der Waals surface area contributed by atoms with Crippen molar-refractivity contribution >= 4 is 23.3 Å². The van der Waals surface area contributed by atoms with Gasteiger partial charge in [-0.1, -0.05) is 29.8 Å². The molecular formula is C19H22N2O3. The van der Waals surface area contributed by atoms with Crippen LogP contribution in [0.15, 0.2) is 36.4 Å². The number of carbonyl (C=O) groups is 2. The van der Waals surface area contributed by atoms with Crippen molar-refractivity contribution in [3.63, 3.8) is 0 Å². The third kappa shape index (κ3) is 4.13. The predicted octanol–water partition coefficient (Wildman–Crippen LogP) is 3.45. The summed E-state index contributed by atoms with van der Waals surface area (Å²) in [5.74, 6) is -0.617. The Morgan fingerprint density at radius 2 is 1.67 bits per heavy atom. The highest BCUT2D eigenvalue weighted by Crippen LogP contribution is 2.22. The van der Waals surface area contributed by atoms with Crippen LogP contribution in [0.25, 0.3) is 0 Å². The lowest BCUT2D eigenvalue weighted by Crippen LogP contribution is -2.23. The molecule has 126 valence electrons. The van der Waals surface area contributed by atoms with E-state index in [1.54, 1.807) is 24.3 Å². The van der Waals surface area contributed by atoms with Crippen LogP contribution in [0.3, 0.4) is 0 Å². The predicted molar refractivity (Wildman–Crippen MR) is 95.6 cm³/mol. The Morgan fingerprint density at radius 3 is 2.29 bits per heavy atom. The molecule has 1 amide bonds. The zero-order valence-electron chi connectivity index (χ0n) is 14.4. The van der Waals surface area contributed by atoms with Crippen LogP contribution >= 0.6 is 0 Å². The Labute approximate surface area is 142 Å². The summed E-state index contributed by atoms with van der Waals surface area (Å²) >= 11 is 0. The van der Waals surface area contributed by atoms with Gasteiger partial charge >= 0.3 is 5.97 Å². The largest absolute Gasteiger partial charge is 0.465 e. The van der Waals surface area contributed by atoms with Crippen molar-refractivity contribution in [2.75, 3.05) is 24.3 Å². The summed E-state index contributed by atoms with van der Waals surface area (Å²) in [6.45, 7) is 6.02. The van der Waals surface area contributed by atoms with Gasteiger partial charge in [-0.2, -0.15) is 0 Å². The average molecular weight is 326 g/mol. The van der Waals surface area contributed by atoms with Crippen LogP contribution in [-0.4, -0.2) is 25.5 Å². The minimum Gasteiger partial charge on any atom is -0.465 e. The molecule has 0 saturated heterocycles. The lowest BCUT2D eigenvalue weighted by Gasteiger charge is -2.14. The van der Waals surface area contributed by atoms with Crippen LogP contribution in [0, 0.1) is 20.8 Å². The molecule has 0 aliphatic carbocycles. The molecular weight excluding hydrogens is 304 g/mol. The van der Waals surface area contributed by atoms with Gasteiger partial charge in [0, 0.05) is 11.4 Å². The molecule has 0 aliphatic rings. The van der Waals surface area contributed by atoms with Gasteiger partial charge in [0.2, 0.25) is 5.91 Å². The van der Waals surface area contributed by atoms with Gasteiger partial charge in [0.1, 0.15) is 0 Å². The first-order valence-electron chi connectivity index (χ1n) is 7.71. The highest BCUT2D eigenvalue weighted by Gasteiger charge is 2.12.